The normalized spacial score (nSPS) is 16.3. The summed E-state index contributed by atoms with van der Waals surface area (Å²) in [5, 5.41) is 0. The maximum absolute atomic E-state index is 12.8. The Balaban J connectivity index is 1.64. The zero-order chi connectivity index (χ0) is 19.4. The van der Waals surface area contributed by atoms with E-state index < -0.39 is 10.0 Å². The van der Waals surface area contributed by atoms with Crippen LogP contribution in [0.2, 0.25) is 0 Å². The van der Waals surface area contributed by atoms with Gasteiger partial charge in [-0.15, -0.1) is 0 Å². The quantitative estimate of drug-likeness (QED) is 0.801. The predicted octanol–water partition coefficient (Wildman–Crippen LogP) is 1.10. The van der Waals surface area contributed by atoms with E-state index in [9.17, 15) is 8.42 Å². The Hall–Kier alpha value is -2.09. The largest absolute Gasteiger partial charge is 0.497 e. The topological polar surface area (TPSA) is 60.3 Å². The molecule has 0 radical (unpaired) electrons. The number of hydrogen-bond donors (Lipinski definition) is 1. The minimum absolute atomic E-state index is 0.369. The third-order valence-corrected chi connectivity index (χ3v) is 6.94. The number of nitrogens with one attached hydrogen (secondary N) is 1. The standard InChI is InChI=1S/C20H26N2O4S/c1-16-4-8-19(9-5-16)27(23,24)22-12-10-21(11-13-22)15-17-6-7-18(25-2)14-20(17)26-3/h4-9,14H,10-13,15H2,1-3H3/p+1. The second kappa shape index (κ2) is 8.29. The smallest absolute Gasteiger partial charge is 0.243 e. The Morgan fingerprint density at radius 3 is 2.26 bits per heavy atom. The third kappa shape index (κ3) is 4.43. The van der Waals surface area contributed by atoms with Crippen LogP contribution in [0.25, 0.3) is 0 Å². The first kappa shape index (κ1) is 19.7. The van der Waals surface area contributed by atoms with Gasteiger partial charge in [0.05, 0.1) is 45.3 Å². The summed E-state index contributed by atoms with van der Waals surface area (Å²) in [6.07, 6.45) is 0. The number of aryl methyl sites for hydroxylation is 1. The molecular weight excluding hydrogens is 364 g/mol. The summed E-state index contributed by atoms with van der Waals surface area (Å²) in [4.78, 5) is 1.71. The zero-order valence-electron chi connectivity index (χ0n) is 16.1. The molecule has 0 aromatic heterocycles. The maximum atomic E-state index is 12.8. The lowest BCUT2D eigenvalue weighted by Crippen LogP contribution is -3.13. The van der Waals surface area contributed by atoms with Gasteiger partial charge in [0.1, 0.15) is 18.0 Å². The van der Waals surface area contributed by atoms with E-state index in [0.717, 1.165) is 42.3 Å². The van der Waals surface area contributed by atoms with E-state index in [-0.39, 0.29) is 0 Å². The number of methoxy groups -OCH3 is 2. The fraction of sp³-hybridized carbons (Fsp3) is 0.400. The van der Waals surface area contributed by atoms with Gasteiger partial charge in [-0.1, -0.05) is 17.7 Å². The number of hydrogen-bond acceptors (Lipinski definition) is 4. The van der Waals surface area contributed by atoms with Crippen molar-refractivity contribution in [3.63, 3.8) is 0 Å². The van der Waals surface area contributed by atoms with Gasteiger partial charge in [0.2, 0.25) is 10.0 Å². The van der Waals surface area contributed by atoms with Crippen molar-refractivity contribution in [2.45, 2.75) is 18.4 Å². The summed E-state index contributed by atoms with van der Waals surface area (Å²) in [6, 6.07) is 12.9. The molecule has 0 aliphatic carbocycles. The Morgan fingerprint density at radius 1 is 1.00 bits per heavy atom. The Bertz CT molecular complexity index is 873. The van der Waals surface area contributed by atoms with Crippen LogP contribution in [0.15, 0.2) is 47.4 Å². The second-order valence-electron chi connectivity index (χ2n) is 6.82. The minimum atomic E-state index is -3.42. The van der Waals surface area contributed by atoms with Crippen LogP contribution in [-0.2, 0) is 16.6 Å². The molecule has 2 aromatic carbocycles. The van der Waals surface area contributed by atoms with Crippen LogP contribution < -0.4 is 14.4 Å². The van der Waals surface area contributed by atoms with Gasteiger partial charge in [-0.25, -0.2) is 8.42 Å². The van der Waals surface area contributed by atoms with Crippen molar-refractivity contribution in [2.24, 2.45) is 0 Å². The Morgan fingerprint density at radius 2 is 1.67 bits per heavy atom. The number of nitrogens with zero attached hydrogens (tertiary/aromatic N) is 1. The average Bonchev–Trinajstić information content (AvgIpc) is 2.69. The van der Waals surface area contributed by atoms with E-state index in [1.165, 1.54) is 4.90 Å². The molecule has 3 rings (SSSR count). The van der Waals surface area contributed by atoms with E-state index in [0.29, 0.717) is 18.0 Å². The summed E-state index contributed by atoms with van der Waals surface area (Å²) >= 11 is 0. The number of piperazine rings is 1. The molecule has 6 nitrogen and oxygen atoms in total. The number of quaternary nitrogens is 1. The summed E-state index contributed by atoms with van der Waals surface area (Å²) in [6.45, 7) is 5.31. The highest BCUT2D eigenvalue weighted by Crippen LogP contribution is 2.24. The number of ether oxygens (including phenoxy) is 2. The predicted molar refractivity (Wildman–Crippen MR) is 104 cm³/mol. The Kier molecular flexibility index (Phi) is 6.04. The SMILES string of the molecule is COc1ccc(C[NH+]2CCN(S(=O)(=O)c3ccc(C)cc3)CC2)c(OC)c1. The molecule has 2 aromatic rings. The van der Waals surface area contributed by atoms with E-state index in [1.807, 2.05) is 37.3 Å². The molecule has 0 saturated carbocycles. The van der Waals surface area contributed by atoms with Crippen LogP contribution in [0.5, 0.6) is 11.5 Å². The highest BCUT2D eigenvalue weighted by molar-refractivity contribution is 7.89. The van der Waals surface area contributed by atoms with E-state index >= 15 is 0 Å². The van der Waals surface area contributed by atoms with Gasteiger partial charge in [0.25, 0.3) is 0 Å². The maximum Gasteiger partial charge on any atom is 0.243 e. The molecule has 1 saturated heterocycles. The lowest BCUT2D eigenvalue weighted by atomic mass is 10.1. The van der Waals surface area contributed by atoms with Crippen molar-refractivity contribution in [1.82, 2.24) is 4.31 Å². The lowest BCUT2D eigenvalue weighted by Gasteiger charge is -2.31. The first-order valence-corrected chi connectivity index (χ1v) is 10.5. The first-order chi connectivity index (χ1) is 12.9. The molecule has 27 heavy (non-hydrogen) atoms. The van der Waals surface area contributed by atoms with Crippen LogP contribution in [-0.4, -0.2) is 53.1 Å². The minimum Gasteiger partial charge on any atom is -0.497 e. The summed E-state index contributed by atoms with van der Waals surface area (Å²) in [7, 11) is -0.133. The molecule has 0 unspecified atom stereocenters. The molecule has 1 heterocycles. The highest BCUT2D eigenvalue weighted by Gasteiger charge is 2.30. The summed E-state index contributed by atoms with van der Waals surface area (Å²) in [5.74, 6) is 1.57. The molecule has 0 spiro atoms. The van der Waals surface area contributed by atoms with Gasteiger partial charge in [0.15, 0.2) is 0 Å². The lowest BCUT2D eigenvalue weighted by molar-refractivity contribution is -0.917. The van der Waals surface area contributed by atoms with E-state index in [4.69, 9.17) is 9.47 Å². The molecule has 0 bridgehead atoms. The highest BCUT2D eigenvalue weighted by atomic mass is 32.2. The molecular formula is C20H27N2O4S+. The monoisotopic (exact) mass is 391 g/mol. The van der Waals surface area contributed by atoms with Crippen LogP contribution in [0.4, 0.5) is 0 Å². The van der Waals surface area contributed by atoms with Crippen molar-refractivity contribution in [2.75, 3.05) is 40.4 Å². The van der Waals surface area contributed by atoms with Crippen molar-refractivity contribution in [1.29, 1.82) is 0 Å². The average molecular weight is 392 g/mol. The molecule has 1 aliphatic heterocycles. The third-order valence-electron chi connectivity index (χ3n) is 5.02. The van der Waals surface area contributed by atoms with Crippen LogP contribution >= 0.6 is 0 Å². The van der Waals surface area contributed by atoms with Gasteiger partial charge >= 0.3 is 0 Å². The van der Waals surface area contributed by atoms with Crippen LogP contribution in [0.1, 0.15) is 11.1 Å². The molecule has 1 N–H and O–H groups in total. The molecule has 1 fully saturated rings. The molecule has 0 amide bonds. The van der Waals surface area contributed by atoms with Gasteiger partial charge in [0, 0.05) is 11.6 Å². The molecule has 0 atom stereocenters. The molecule has 1 aliphatic rings. The number of sulfonamides is 1. The van der Waals surface area contributed by atoms with Gasteiger partial charge in [-0.2, -0.15) is 4.31 Å². The van der Waals surface area contributed by atoms with Crippen molar-refractivity contribution in [3.05, 3.63) is 53.6 Å². The molecule has 146 valence electrons. The fourth-order valence-electron chi connectivity index (χ4n) is 3.35. The van der Waals surface area contributed by atoms with Gasteiger partial charge in [-0.3, -0.25) is 0 Å². The van der Waals surface area contributed by atoms with Crippen LogP contribution in [0.3, 0.4) is 0 Å². The zero-order valence-corrected chi connectivity index (χ0v) is 16.9. The summed E-state index contributed by atoms with van der Waals surface area (Å²) in [5.41, 5.74) is 2.15. The molecule has 7 heteroatoms. The van der Waals surface area contributed by atoms with E-state index in [1.54, 1.807) is 30.7 Å². The van der Waals surface area contributed by atoms with Crippen molar-refractivity contribution >= 4 is 10.0 Å². The van der Waals surface area contributed by atoms with Crippen molar-refractivity contribution in [3.8, 4) is 11.5 Å². The van der Waals surface area contributed by atoms with E-state index in [2.05, 4.69) is 0 Å². The second-order valence-corrected chi connectivity index (χ2v) is 8.76. The van der Waals surface area contributed by atoms with Gasteiger partial charge < -0.3 is 14.4 Å². The number of benzene rings is 2. The Labute approximate surface area is 161 Å². The van der Waals surface area contributed by atoms with Crippen molar-refractivity contribution < 1.29 is 22.8 Å². The number of rotatable bonds is 6. The van der Waals surface area contributed by atoms with Gasteiger partial charge in [-0.05, 0) is 31.2 Å². The first-order valence-electron chi connectivity index (χ1n) is 9.05. The van der Waals surface area contributed by atoms with Crippen LogP contribution in [0, 0.1) is 6.92 Å². The summed E-state index contributed by atoms with van der Waals surface area (Å²) < 4.78 is 37.9. The fourth-order valence-corrected chi connectivity index (χ4v) is 4.79.